The normalized spacial score (nSPS) is 11.4. The summed E-state index contributed by atoms with van der Waals surface area (Å²) in [5.41, 5.74) is -0.0728. The van der Waals surface area contributed by atoms with Gasteiger partial charge in [-0.05, 0) is 40.8 Å². The lowest BCUT2D eigenvalue weighted by atomic mass is 10.2. The fourth-order valence-electron chi connectivity index (χ4n) is 1.51. The third kappa shape index (κ3) is 4.38. The van der Waals surface area contributed by atoms with Gasteiger partial charge >= 0.3 is 5.97 Å². The summed E-state index contributed by atoms with van der Waals surface area (Å²) < 4.78 is 26.1. The summed E-state index contributed by atoms with van der Waals surface area (Å²) in [4.78, 5) is 22.1. The lowest BCUT2D eigenvalue weighted by Gasteiger charge is -2.17. The first-order valence-electron chi connectivity index (χ1n) is 5.90. The third-order valence-electron chi connectivity index (χ3n) is 2.81. The minimum atomic E-state index is -3.83. The van der Waals surface area contributed by atoms with Crippen molar-refractivity contribution < 1.29 is 23.1 Å². The van der Waals surface area contributed by atoms with Crippen LogP contribution in [0.2, 0.25) is 0 Å². The van der Waals surface area contributed by atoms with Crippen LogP contribution < -0.4 is 5.32 Å². The number of halogens is 1. The van der Waals surface area contributed by atoms with E-state index in [1.165, 1.54) is 26.2 Å². The first kappa shape index (κ1) is 17.9. The van der Waals surface area contributed by atoms with Crippen molar-refractivity contribution in [1.29, 1.82) is 0 Å². The molecule has 0 fully saturated rings. The number of rotatable bonds is 6. The fourth-order valence-corrected chi connectivity index (χ4v) is 3.28. The van der Waals surface area contributed by atoms with Gasteiger partial charge in [-0.25, -0.2) is 17.5 Å². The van der Waals surface area contributed by atoms with E-state index in [0.717, 1.165) is 10.4 Å². The molecule has 1 amide bonds. The Morgan fingerprint density at radius 3 is 2.52 bits per heavy atom. The van der Waals surface area contributed by atoms with Gasteiger partial charge in [-0.3, -0.25) is 4.79 Å². The Hall–Kier alpha value is -1.20. The van der Waals surface area contributed by atoms with Crippen LogP contribution in [0.5, 0.6) is 0 Å². The number of nitrogens with one attached hydrogen (secondary N) is 1. The zero-order chi connectivity index (χ0) is 16.2. The maximum Gasteiger partial charge on any atom is 0.336 e. The summed E-state index contributed by atoms with van der Waals surface area (Å²) in [7, 11) is -1.02. The second-order valence-electron chi connectivity index (χ2n) is 4.20. The van der Waals surface area contributed by atoms with Crippen LogP contribution in [0.25, 0.3) is 0 Å². The van der Waals surface area contributed by atoms with Crippen molar-refractivity contribution in [2.24, 2.45) is 0 Å². The highest BCUT2D eigenvalue weighted by molar-refractivity contribution is 14.1. The number of amides is 1. The molecule has 1 aromatic rings. The fraction of sp³-hybridized carbons (Fsp3) is 0.333. The third-order valence-corrected chi connectivity index (χ3v) is 5.60. The number of hydrogen-bond donors (Lipinski definition) is 2. The second kappa shape index (κ2) is 7.18. The molecule has 9 heteroatoms. The van der Waals surface area contributed by atoms with E-state index in [4.69, 9.17) is 5.11 Å². The van der Waals surface area contributed by atoms with E-state index >= 15 is 0 Å². The van der Waals surface area contributed by atoms with Gasteiger partial charge in [0.25, 0.3) is 0 Å². The molecule has 0 aliphatic carbocycles. The topological polar surface area (TPSA) is 104 Å². The van der Waals surface area contributed by atoms with Crippen LogP contribution in [0.4, 0.5) is 0 Å². The van der Waals surface area contributed by atoms with Crippen LogP contribution in [0, 0.1) is 3.57 Å². The zero-order valence-electron chi connectivity index (χ0n) is 11.5. The Labute approximate surface area is 136 Å². The number of benzene rings is 1. The molecule has 0 atom stereocenters. The van der Waals surface area contributed by atoms with Gasteiger partial charge in [0, 0.05) is 30.6 Å². The minimum Gasteiger partial charge on any atom is -0.478 e. The predicted molar refractivity (Wildman–Crippen MR) is 84.6 cm³/mol. The van der Waals surface area contributed by atoms with Gasteiger partial charge in [-0.15, -0.1) is 0 Å². The molecule has 1 aromatic carbocycles. The number of aromatic carboxylic acids is 1. The number of carboxylic acids is 1. The molecule has 116 valence electrons. The van der Waals surface area contributed by atoms with Crippen LogP contribution in [-0.2, 0) is 14.8 Å². The predicted octanol–water partition coefficient (Wildman–Crippen LogP) is 0.746. The standard InChI is InChI=1S/C12H15IN2O5S/c1-14-11(16)5-6-15(2)21(19,20)8-3-4-10(13)9(7-8)12(17)18/h3-4,7H,5-6H2,1-2H3,(H,14,16)(H,17,18). The Morgan fingerprint density at radius 1 is 1.38 bits per heavy atom. The quantitative estimate of drug-likeness (QED) is 0.654. The van der Waals surface area contributed by atoms with E-state index in [9.17, 15) is 18.0 Å². The number of carboxylic acid groups (broad SMARTS) is 1. The van der Waals surface area contributed by atoms with E-state index in [0.29, 0.717) is 3.57 Å². The van der Waals surface area contributed by atoms with Crippen molar-refractivity contribution in [3.8, 4) is 0 Å². The average Bonchev–Trinajstić information content (AvgIpc) is 2.43. The highest BCUT2D eigenvalue weighted by Crippen LogP contribution is 2.20. The van der Waals surface area contributed by atoms with Gasteiger partial charge in [0.15, 0.2) is 0 Å². The molecule has 21 heavy (non-hydrogen) atoms. The molecule has 0 bridgehead atoms. The van der Waals surface area contributed by atoms with Crippen molar-refractivity contribution >= 4 is 44.5 Å². The van der Waals surface area contributed by atoms with E-state index in [1.54, 1.807) is 0 Å². The first-order chi connectivity index (χ1) is 9.70. The molecule has 7 nitrogen and oxygen atoms in total. The molecule has 1 rings (SSSR count). The van der Waals surface area contributed by atoms with Crippen LogP contribution in [0.3, 0.4) is 0 Å². The summed E-state index contributed by atoms with van der Waals surface area (Å²) >= 11 is 1.83. The smallest absolute Gasteiger partial charge is 0.336 e. The molecule has 0 radical (unpaired) electrons. The van der Waals surface area contributed by atoms with E-state index < -0.39 is 16.0 Å². The van der Waals surface area contributed by atoms with Gasteiger partial charge < -0.3 is 10.4 Å². The minimum absolute atomic E-state index is 0.0103. The van der Waals surface area contributed by atoms with Gasteiger partial charge in [0.05, 0.1) is 10.5 Å². The van der Waals surface area contributed by atoms with Crippen LogP contribution >= 0.6 is 22.6 Å². The summed E-state index contributed by atoms with van der Waals surface area (Å²) in [6, 6.07) is 3.90. The number of carbonyl (C=O) groups is 2. The lowest BCUT2D eigenvalue weighted by Crippen LogP contribution is -2.31. The van der Waals surface area contributed by atoms with Crippen molar-refractivity contribution in [3.05, 3.63) is 27.3 Å². The summed E-state index contributed by atoms with van der Waals surface area (Å²) in [5, 5.41) is 11.4. The van der Waals surface area contributed by atoms with E-state index in [-0.39, 0.29) is 29.3 Å². The van der Waals surface area contributed by atoms with Crippen molar-refractivity contribution in [1.82, 2.24) is 9.62 Å². The maximum absolute atomic E-state index is 12.3. The Morgan fingerprint density at radius 2 is 2.00 bits per heavy atom. The van der Waals surface area contributed by atoms with E-state index in [2.05, 4.69) is 5.32 Å². The summed E-state index contributed by atoms with van der Waals surface area (Å²) in [6.45, 7) is 0.0103. The monoisotopic (exact) mass is 426 g/mol. The first-order valence-corrected chi connectivity index (χ1v) is 8.41. The van der Waals surface area contributed by atoms with Gasteiger partial charge in [0.1, 0.15) is 0 Å². The maximum atomic E-state index is 12.3. The zero-order valence-corrected chi connectivity index (χ0v) is 14.4. The highest BCUT2D eigenvalue weighted by Gasteiger charge is 2.23. The molecule has 0 heterocycles. The lowest BCUT2D eigenvalue weighted by molar-refractivity contribution is -0.120. The van der Waals surface area contributed by atoms with E-state index in [1.807, 2.05) is 22.6 Å². The molecule has 0 aromatic heterocycles. The van der Waals surface area contributed by atoms with Crippen molar-refractivity contribution in [2.75, 3.05) is 20.6 Å². The highest BCUT2D eigenvalue weighted by atomic mass is 127. The number of carbonyl (C=O) groups excluding carboxylic acids is 1. The number of hydrogen-bond acceptors (Lipinski definition) is 4. The Kier molecular flexibility index (Phi) is 6.10. The second-order valence-corrected chi connectivity index (χ2v) is 7.40. The molecule has 0 saturated carbocycles. The van der Waals surface area contributed by atoms with Crippen LogP contribution in [-0.4, -0.2) is 50.3 Å². The van der Waals surface area contributed by atoms with Crippen LogP contribution in [0.1, 0.15) is 16.8 Å². The summed E-state index contributed by atoms with van der Waals surface area (Å²) in [6.07, 6.45) is 0.0301. The molecule has 0 aliphatic rings. The van der Waals surface area contributed by atoms with Gasteiger partial charge in [-0.1, -0.05) is 0 Å². The average molecular weight is 426 g/mol. The molecule has 0 aliphatic heterocycles. The molecular weight excluding hydrogens is 411 g/mol. The molecule has 0 spiro atoms. The van der Waals surface area contributed by atoms with Gasteiger partial charge in [0.2, 0.25) is 15.9 Å². The number of sulfonamides is 1. The summed E-state index contributed by atoms with van der Waals surface area (Å²) in [5.74, 6) is -1.46. The largest absolute Gasteiger partial charge is 0.478 e. The van der Waals surface area contributed by atoms with Gasteiger partial charge in [-0.2, -0.15) is 0 Å². The Bertz CT molecular complexity index is 660. The molecule has 0 saturated heterocycles. The molecule has 2 N–H and O–H groups in total. The Balaban J connectivity index is 3.05. The number of nitrogens with zero attached hydrogens (tertiary/aromatic N) is 1. The van der Waals surface area contributed by atoms with Crippen molar-refractivity contribution in [2.45, 2.75) is 11.3 Å². The van der Waals surface area contributed by atoms with Crippen molar-refractivity contribution in [3.63, 3.8) is 0 Å². The SMILES string of the molecule is CNC(=O)CCN(C)S(=O)(=O)c1ccc(I)c(C(=O)O)c1. The molecule has 0 unspecified atom stereocenters. The van der Waals surface area contributed by atoms with Crippen LogP contribution in [0.15, 0.2) is 23.1 Å². The molecular formula is C12H15IN2O5S.